The maximum Gasteiger partial charge on any atom is 3.00 e. The van der Waals surface area contributed by atoms with Crippen molar-refractivity contribution < 1.29 is 32.7 Å². The molecule has 2 aromatic carbocycles. The van der Waals surface area contributed by atoms with Gasteiger partial charge in [0.25, 0.3) is 0 Å². The van der Waals surface area contributed by atoms with Gasteiger partial charge in [-0.2, -0.15) is 5.56 Å². The van der Waals surface area contributed by atoms with E-state index in [0.29, 0.717) is 22.4 Å². The number of rotatable bonds is 4. The van der Waals surface area contributed by atoms with E-state index in [1.807, 2.05) is 38.1 Å². The van der Waals surface area contributed by atoms with Crippen LogP contribution in [-0.4, -0.2) is 15.7 Å². The van der Waals surface area contributed by atoms with Crippen LogP contribution in [-0.2, 0) is 20.1 Å². The summed E-state index contributed by atoms with van der Waals surface area (Å²) in [5.41, 5.74) is 3.15. The zero-order chi connectivity index (χ0) is 29.2. The number of aryl methyl sites for hydroxylation is 1. The molecule has 3 aromatic heterocycles. The predicted molar refractivity (Wildman–Crippen MR) is 140 cm³/mol. The number of allylic oxidation sites excluding steroid dienone is 3. The summed E-state index contributed by atoms with van der Waals surface area (Å²) in [6.07, 6.45) is 2.83. The van der Waals surface area contributed by atoms with Crippen molar-refractivity contribution >= 4 is 27.8 Å². The number of fused-ring (bicyclic) bond motifs is 3. The maximum atomic E-state index is 9.53. The van der Waals surface area contributed by atoms with Crippen molar-refractivity contribution in [2.24, 2.45) is 0 Å². The summed E-state index contributed by atoms with van der Waals surface area (Å²) in [7, 11) is 0. The fourth-order valence-electron chi connectivity index (χ4n) is 3.16. The van der Waals surface area contributed by atoms with E-state index in [4.69, 9.17) is 12.6 Å². The molecule has 0 aliphatic rings. The third-order valence-corrected chi connectivity index (χ3v) is 4.77. The SMILES string of the molecule is C=C(C)/C=C\C(=[N-])c1[c-]cccc1.[2H]c1nc(-c2[c-]ccc3c2oc2nc(C)ccc23)c([2H])c([2H])c1C([2H])([2H])[2H].[Ir+3]. The van der Waals surface area contributed by atoms with E-state index in [-0.39, 0.29) is 37.6 Å². The Morgan fingerprint density at radius 3 is 2.71 bits per heavy atom. The fourth-order valence-corrected chi connectivity index (χ4v) is 3.16. The van der Waals surface area contributed by atoms with Crippen molar-refractivity contribution in [3.63, 3.8) is 0 Å². The average Bonchev–Trinajstić information content (AvgIpc) is 3.27. The van der Waals surface area contributed by atoms with Gasteiger partial charge >= 0.3 is 20.1 Å². The molecule has 0 aliphatic heterocycles. The van der Waals surface area contributed by atoms with Crippen molar-refractivity contribution in [1.29, 1.82) is 0 Å². The molecule has 5 rings (SSSR count). The van der Waals surface area contributed by atoms with Crippen LogP contribution in [0.2, 0.25) is 0 Å². The fraction of sp³-hybridized carbons (Fsp3) is 0.100. The largest absolute Gasteiger partial charge is 3.00 e. The van der Waals surface area contributed by atoms with Gasteiger partial charge in [0.2, 0.25) is 5.71 Å². The number of furan rings is 1. The first-order valence-corrected chi connectivity index (χ1v) is 10.4. The summed E-state index contributed by atoms with van der Waals surface area (Å²) in [4.78, 5) is 8.35. The zero-order valence-electron chi connectivity index (χ0n) is 25.1. The van der Waals surface area contributed by atoms with Crippen LogP contribution in [0.4, 0.5) is 0 Å². The molecule has 0 bridgehead atoms. The molecule has 0 saturated heterocycles. The number of benzene rings is 2. The van der Waals surface area contributed by atoms with Crippen molar-refractivity contribution in [3.05, 3.63) is 125 Å². The Morgan fingerprint density at radius 1 is 1.11 bits per heavy atom. The van der Waals surface area contributed by atoms with E-state index in [0.717, 1.165) is 22.0 Å². The number of pyridine rings is 2. The normalized spacial score (nSPS) is 13.4. The molecule has 0 aliphatic carbocycles. The molecule has 35 heavy (non-hydrogen) atoms. The molecule has 5 aromatic rings. The summed E-state index contributed by atoms with van der Waals surface area (Å²) in [6.45, 7) is 4.73. The molecule has 4 nitrogen and oxygen atoms in total. The van der Waals surface area contributed by atoms with Gasteiger partial charge in [-0.05, 0) is 44.1 Å². The molecule has 5 heteroatoms. The first kappa shape index (κ1) is 18.6. The van der Waals surface area contributed by atoms with Crippen molar-refractivity contribution in [2.45, 2.75) is 20.7 Å². The van der Waals surface area contributed by atoms with Crippen LogP contribution < -0.4 is 0 Å². The van der Waals surface area contributed by atoms with E-state index >= 15 is 0 Å². The van der Waals surface area contributed by atoms with Crippen molar-refractivity contribution in [2.75, 3.05) is 0 Å². The van der Waals surface area contributed by atoms with E-state index in [1.54, 1.807) is 36.4 Å². The minimum absolute atomic E-state index is 0. The van der Waals surface area contributed by atoms with Crippen LogP contribution in [0.1, 0.15) is 32.0 Å². The Balaban J connectivity index is 0.000000280. The molecule has 0 fully saturated rings. The Hall–Kier alpha value is -3.66. The standard InChI is InChI=1S/C18H13N2O.C12H11N.Ir/c1-11-6-9-16(19-10-11)15-5-3-4-13-14-8-7-12(2)20-18(14)21-17(13)15;1-10(2)8-9-12(13)11-6-4-3-5-7-11;/h3-4,6-10H,1-2H3;3-6,8-9H,1H2,2H3;/q-1;-2;+3/b;9-8-;/i1D3,6D,9D,10D;;. The molecule has 3 heterocycles. The number of aromatic nitrogens is 2. The summed E-state index contributed by atoms with van der Waals surface area (Å²) in [5.74, 6) is 0. The van der Waals surface area contributed by atoms with Gasteiger partial charge in [0, 0.05) is 21.4 Å². The van der Waals surface area contributed by atoms with Crippen molar-refractivity contribution in [1.82, 2.24) is 9.97 Å². The summed E-state index contributed by atoms with van der Waals surface area (Å²) >= 11 is 0. The van der Waals surface area contributed by atoms with Crippen LogP contribution in [0.15, 0.2) is 95.5 Å². The van der Waals surface area contributed by atoms with Gasteiger partial charge in [0.15, 0.2) is 0 Å². The monoisotopic (exact) mass is 641 g/mol. The van der Waals surface area contributed by atoms with Gasteiger partial charge in [-0.3, -0.25) is 0 Å². The maximum absolute atomic E-state index is 9.53. The summed E-state index contributed by atoms with van der Waals surface area (Å²) in [5, 5.41) is 11.1. The summed E-state index contributed by atoms with van der Waals surface area (Å²) in [6, 6.07) is 19.4. The molecule has 0 N–H and O–H groups in total. The average molecular weight is 641 g/mol. The van der Waals surface area contributed by atoms with Gasteiger partial charge in [0.05, 0.1) is 9.70 Å². The minimum Gasteiger partial charge on any atom is -0.855 e. The third-order valence-electron chi connectivity index (χ3n) is 4.77. The first-order chi connectivity index (χ1) is 18.9. The van der Waals surface area contributed by atoms with E-state index in [2.05, 4.69) is 28.7 Å². The van der Waals surface area contributed by atoms with E-state index in [9.17, 15) is 5.41 Å². The second-order valence-electron chi connectivity index (χ2n) is 7.54. The molecule has 174 valence electrons. The molecular formula is C30H24IrN3O. The predicted octanol–water partition coefficient (Wildman–Crippen LogP) is 7.44. The van der Waals surface area contributed by atoms with Crippen LogP contribution in [0.5, 0.6) is 0 Å². The smallest absolute Gasteiger partial charge is 0.855 e. The molecular weight excluding hydrogens is 611 g/mol. The molecule has 0 radical (unpaired) electrons. The quantitative estimate of drug-likeness (QED) is 0.117. The third kappa shape index (κ3) is 6.27. The van der Waals surface area contributed by atoms with Gasteiger partial charge < -0.3 is 14.8 Å². The van der Waals surface area contributed by atoms with E-state index in [1.165, 1.54) is 0 Å². The van der Waals surface area contributed by atoms with Gasteiger partial charge in [-0.1, -0.05) is 41.3 Å². The number of nitrogens with zero attached hydrogens (tertiary/aromatic N) is 3. The van der Waals surface area contributed by atoms with Crippen LogP contribution in [0.25, 0.3) is 38.7 Å². The Labute approximate surface area is 227 Å². The second-order valence-corrected chi connectivity index (χ2v) is 7.54. The van der Waals surface area contributed by atoms with Gasteiger partial charge in [0.1, 0.15) is 0 Å². The Morgan fingerprint density at radius 2 is 1.97 bits per heavy atom. The molecule has 0 unspecified atom stereocenters. The first-order valence-electron chi connectivity index (χ1n) is 13.4. The number of hydrogen-bond donors (Lipinski definition) is 0. The van der Waals surface area contributed by atoms with E-state index < -0.39 is 24.6 Å². The van der Waals surface area contributed by atoms with Crippen LogP contribution >= 0.6 is 0 Å². The van der Waals surface area contributed by atoms with Crippen LogP contribution in [0, 0.1) is 25.9 Å². The Bertz CT molecular complexity index is 1780. The second kappa shape index (κ2) is 11.7. The van der Waals surface area contributed by atoms with Crippen molar-refractivity contribution in [3.8, 4) is 11.3 Å². The number of hydrogen-bond acceptors (Lipinski definition) is 3. The topological polar surface area (TPSA) is 61.2 Å². The molecule has 0 amide bonds. The van der Waals surface area contributed by atoms with Gasteiger partial charge in [-0.25, -0.2) is 10.7 Å². The van der Waals surface area contributed by atoms with Gasteiger partial charge in [-0.15, -0.1) is 54.6 Å². The summed E-state index contributed by atoms with van der Waals surface area (Å²) < 4.78 is 52.6. The van der Waals surface area contributed by atoms with Crippen LogP contribution in [0.3, 0.4) is 0 Å². The minimum atomic E-state index is -2.69. The Kier molecular flexibility index (Phi) is 6.21. The molecule has 0 atom stereocenters. The molecule has 0 saturated carbocycles. The molecule has 0 spiro atoms. The zero-order valence-corrected chi connectivity index (χ0v) is 21.5.